The number of halogens is 5. The Hall–Kier alpha value is -4.81. The number of benzene rings is 3. The quantitative estimate of drug-likeness (QED) is 0.0618. The molecule has 3 rings (SSSR count). The van der Waals surface area contributed by atoms with Crippen molar-refractivity contribution in [3.63, 3.8) is 0 Å². The maximum atomic E-state index is 14.5. The third-order valence-electron chi connectivity index (χ3n) is 5.86. The number of hydrogen-bond acceptors (Lipinski definition) is 8. The molecule has 0 unspecified atom stereocenters. The number of alkyl halides is 5. The number of carbonyl (C=O) groups excluding carboxylic acids is 2. The van der Waals surface area contributed by atoms with E-state index in [2.05, 4.69) is 4.74 Å². The number of nitrogen functional groups attached to an aromatic ring is 2. The minimum atomic E-state index is -4.55. The maximum Gasteiger partial charge on any atom is 0.426 e. The molecule has 0 aliphatic heterocycles. The first-order valence-electron chi connectivity index (χ1n) is 13.5. The van der Waals surface area contributed by atoms with Crippen molar-refractivity contribution in [2.24, 2.45) is 0 Å². The second-order valence-electron chi connectivity index (χ2n) is 9.56. The summed E-state index contributed by atoms with van der Waals surface area (Å²) in [6.45, 7) is -1.11. The van der Waals surface area contributed by atoms with Gasteiger partial charge in [0.05, 0.1) is 24.3 Å². The van der Waals surface area contributed by atoms with Crippen LogP contribution in [0.2, 0.25) is 0 Å². The van der Waals surface area contributed by atoms with Crippen LogP contribution in [0.25, 0.3) is 6.08 Å². The Kier molecular flexibility index (Phi) is 11.9. The van der Waals surface area contributed by atoms with Gasteiger partial charge in [0.2, 0.25) is 0 Å². The summed E-state index contributed by atoms with van der Waals surface area (Å²) < 4.78 is 85.4. The monoisotopic (exact) mass is 622 g/mol. The fraction of sp³-hybridized carbons (Fsp3) is 0.290. The van der Waals surface area contributed by atoms with Crippen LogP contribution in [0.5, 0.6) is 11.5 Å². The molecule has 0 aliphatic carbocycles. The summed E-state index contributed by atoms with van der Waals surface area (Å²) in [5, 5.41) is 0. The predicted octanol–water partition coefficient (Wildman–Crippen LogP) is 6.89. The lowest BCUT2D eigenvalue weighted by atomic mass is 10.2. The summed E-state index contributed by atoms with van der Waals surface area (Å²) in [7, 11) is 0. The van der Waals surface area contributed by atoms with E-state index in [1.165, 1.54) is 48.6 Å². The van der Waals surface area contributed by atoms with Crippen molar-refractivity contribution in [1.29, 1.82) is 0 Å². The summed E-state index contributed by atoms with van der Waals surface area (Å²) in [5.74, 6) is -1.46. The van der Waals surface area contributed by atoms with Crippen LogP contribution in [-0.4, -0.2) is 37.9 Å². The van der Waals surface area contributed by atoms with Gasteiger partial charge in [0.1, 0.15) is 11.5 Å². The van der Waals surface area contributed by atoms with Crippen LogP contribution < -0.4 is 20.9 Å². The van der Waals surface area contributed by atoms with Gasteiger partial charge in [-0.1, -0.05) is 12.1 Å². The highest BCUT2D eigenvalue weighted by atomic mass is 19.4. The van der Waals surface area contributed by atoms with Gasteiger partial charge < -0.3 is 30.4 Å². The second kappa shape index (κ2) is 15.6. The molecular formula is C31H31F5N2O6. The highest BCUT2D eigenvalue weighted by Crippen LogP contribution is 2.33. The standard InChI is InChI=1S/C31H31F5N2O6/c32-30(33,34)20-43-26-12-8-23(9-13-26)31(35,36)44-27-10-5-21(6-11-27)7-14-28(39)41-15-3-1-2-4-16-42-29(40)22-17-24(37)19-25(38)18-22/h5-14,17-19H,1-4,15-16,20,37-38H2/b14-7+. The molecule has 236 valence electrons. The van der Waals surface area contributed by atoms with Crippen LogP contribution in [0.1, 0.15) is 47.2 Å². The van der Waals surface area contributed by atoms with E-state index in [1.807, 2.05) is 0 Å². The van der Waals surface area contributed by atoms with Gasteiger partial charge in [0, 0.05) is 17.5 Å². The molecule has 0 bridgehead atoms. The van der Waals surface area contributed by atoms with Crippen LogP contribution >= 0.6 is 0 Å². The van der Waals surface area contributed by atoms with Gasteiger partial charge in [-0.2, -0.15) is 22.0 Å². The summed E-state index contributed by atoms with van der Waals surface area (Å²) in [5.41, 5.74) is 12.3. The first-order valence-corrected chi connectivity index (χ1v) is 13.5. The Morgan fingerprint density at radius 3 is 1.89 bits per heavy atom. The largest absolute Gasteiger partial charge is 0.484 e. The van der Waals surface area contributed by atoms with Gasteiger partial charge >= 0.3 is 24.2 Å². The highest BCUT2D eigenvalue weighted by molar-refractivity contribution is 5.91. The molecule has 3 aromatic carbocycles. The highest BCUT2D eigenvalue weighted by Gasteiger charge is 2.35. The number of ether oxygens (including phenoxy) is 4. The van der Waals surface area contributed by atoms with Gasteiger partial charge in [-0.3, -0.25) is 0 Å². The Bertz CT molecular complexity index is 1390. The minimum absolute atomic E-state index is 0.170. The third kappa shape index (κ3) is 11.8. The first kappa shape index (κ1) is 33.7. The van der Waals surface area contributed by atoms with E-state index in [0.29, 0.717) is 29.8 Å². The van der Waals surface area contributed by atoms with Crippen molar-refractivity contribution in [2.45, 2.75) is 38.0 Å². The molecule has 0 saturated heterocycles. The number of hydrogen-bond donors (Lipinski definition) is 2. The molecule has 0 aromatic heterocycles. The molecule has 0 heterocycles. The zero-order valence-corrected chi connectivity index (χ0v) is 23.4. The number of rotatable bonds is 15. The summed E-state index contributed by atoms with van der Waals surface area (Å²) in [4.78, 5) is 24.0. The average Bonchev–Trinajstić information content (AvgIpc) is 2.96. The topological polar surface area (TPSA) is 123 Å². The number of unbranched alkanes of at least 4 members (excludes halogenated alkanes) is 3. The Labute approximate surface area is 250 Å². The van der Waals surface area contributed by atoms with Crippen molar-refractivity contribution in [1.82, 2.24) is 0 Å². The lowest BCUT2D eigenvalue weighted by Crippen LogP contribution is -2.22. The molecule has 0 atom stereocenters. The van der Waals surface area contributed by atoms with Crippen LogP contribution in [0.15, 0.2) is 72.8 Å². The van der Waals surface area contributed by atoms with Crippen molar-refractivity contribution in [3.8, 4) is 11.5 Å². The van der Waals surface area contributed by atoms with E-state index in [-0.39, 0.29) is 30.3 Å². The van der Waals surface area contributed by atoms with Crippen LogP contribution in [0.3, 0.4) is 0 Å². The zero-order chi connectivity index (χ0) is 32.2. The molecule has 0 amide bonds. The van der Waals surface area contributed by atoms with E-state index in [4.69, 9.17) is 25.7 Å². The van der Waals surface area contributed by atoms with Crippen molar-refractivity contribution in [2.75, 3.05) is 31.3 Å². The molecule has 0 saturated carbocycles. The molecule has 0 fully saturated rings. The number of nitrogens with two attached hydrogens (primary N) is 2. The average molecular weight is 623 g/mol. The SMILES string of the molecule is Nc1cc(N)cc(C(=O)OCCCCCCOC(=O)/C=C/c2ccc(OC(F)(F)c3ccc(OCC(F)(F)F)cc3)cc2)c1. The summed E-state index contributed by atoms with van der Waals surface area (Å²) in [6, 6.07) is 13.8. The van der Waals surface area contributed by atoms with Gasteiger partial charge in [-0.15, -0.1) is 0 Å². The number of carbonyl (C=O) groups is 2. The fourth-order valence-electron chi connectivity index (χ4n) is 3.75. The van der Waals surface area contributed by atoms with Crippen LogP contribution in [0, 0.1) is 0 Å². The van der Waals surface area contributed by atoms with E-state index >= 15 is 0 Å². The van der Waals surface area contributed by atoms with Crippen molar-refractivity contribution in [3.05, 3.63) is 89.5 Å². The summed E-state index contributed by atoms with van der Waals surface area (Å²) in [6.07, 6.45) is -2.90. The Morgan fingerprint density at radius 2 is 1.30 bits per heavy atom. The van der Waals surface area contributed by atoms with E-state index in [1.54, 1.807) is 6.07 Å². The second-order valence-corrected chi connectivity index (χ2v) is 9.56. The van der Waals surface area contributed by atoms with Crippen molar-refractivity contribution >= 4 is 29.4 Å². The van der Waals surface area contributed by atoms with Gasteiger partial charge in [0.15, 0.2) is 6.61 Å². The van der Waals surface area contributed by atoms with Crippen molar-refractivity contribution < 1.29 is 50.5 Å². The molecular weight excluding hydrogens is 591 g/mol. The van der Waals surface area contributed by atoms with Crippen LogP contribution in [-0.2, 0) is 20.4 Å². The minimum Gasteiger partial charge on any atom is -0.484 e. The first-order chi connectivity index (χ1) is 20.8. The van der Waals surface area contributed by atoms with Gasteiger partial charge in [-0.25, -0.2) is 9.59 Å². The normalized spacial score (nSPS) is 11.8. The predicted molar refractivity (Wildman–Crippen MR) is 153 cm³/mol. The molecule has 13 heteroatoms. The fourth-order valence-corrected chi connectivity index (χ4v) is 3.75. The number of anilines is 2. The maximum absolute atomic E-state index is 14.5. The third-order valence-corrected chi connectivity index (χ3v) is 5.86. The molecule has 0 radical (unpaired) electrons. The Balaban J connectivity index is 1.32. The molecule has 8 nitrogen and oxygen atoms in total. The lowest BCUT2D eigenvalue weighted by molar-refractivity contribution is -0.185. The van der Waals surface area contributed by atoms with Crippen LogP contribution in [0.4, 0.5) is 33.3 Å². The van der Waals surface area contributed by atoms with Gasteiger partial charge in [0.25, 0.3) is 0 Å². The van der Waals surface area contributed by atoms with E-state index < -0.39 is 36.4 Å². The summed E-state index contributed by atoms with van der Waals surface area (Å²) >= 11 is 0. The smallest absolute Gasteiger partial charge is 0.426 e. The van der Waals surface area contributed by atoms with E-state index in [0.717, 1.165) is 37.1 Å². The zero-order valence-electron chi connectivity index (χ0n) is 23.4. The molecule has 3 aromatic rings. The Morgan fingerprint density at radius 1 is 0.727 bits per heavy atom. The number of esters is 2. The lowest BCUT2D eigenvalue weighted by Gasteiger charge is -2.19. The van der Waals surface area contributed by atoms with Gasteiger partial charge in [-0.05, 0) is 91.9 Å². The van der Waals surface area contributed by atoms with E-state index in [9.17, 15) is 31.5 Å². The molecule has 44 heavy (non-hydrogen) atoms. The molecule has 0 aliphatic rings. The molecule has 4 N–H and O–H groups in total. The molecule has 0 spiro atoms.